The molecule has 0 atom stereocenters. The smallest absolute Gasteiger partial charge is 0.250 e. The average molecular weight is 527 g/mol. The Morgan fingerprint density at radius 3 is 2.63 bits per heavy atom. The topological polar surface area (TPSA) is 61.5 Å². The highest BCUT2D eigenvalue weighted by Gasteiger charge is 2.24. The number of hydrogen-bond acceptors (Lipinski definition) is 4. The highest BCUT2D eigenvalue weighted by atomic mass is 35.5. The third-order valence-electron chi connectivity index (χ3n) is 7.59. The Morgan fingerprint density at radius 1 is 1.05 bits per heavy atom. The first-order valence-electron chi connectivity index (χ1n) is 13.3. The number of halogens is 1. The third-order valence-corrected chi connectivity index (χ3v) is 7.91. The first-order valence-corrected chi connectivity index (χ1v) is 13.7. The predicted octanol–water partition coefficient (Wildman–Crippen LogP) is 6.49. The van der Waals surface area contributed by atoms with Gasteiger partial charge in [0.15, 0.2) is 0 Å². The minimum atomic E-state index is -0.0812. The summed E-state index contributed by atoms with van der Waals surface area (Å²) in [4.78, 5) is 25.0. The van der Waals surface area contributed by atoms with Gasteiger partial charge in [0.25, 0.3) is 0 Å². The Balaban J connectivity index is 1.37. The molecule has 0 bridgehead atoms. The fourth-order valence-electron chi connectivity index (χ4n) is 5.67. The molecule has 194 valence electrons. The van der Waals surface area contributed by atoms with Crippen LogP contribution in [0.5, 0.6) is 5.75 Å². The van der Waals surface area contributed by atoms with E-state index in [4.69, 9.17) is 16.3 Å². The first kappa shape index (κ1) is 24.7. The molecule has 6 rings (SSSR count). The summed E-state index contributed by atoms with van der Waals surface area (Å²) in [6, 6.07) is 16.3. The lowest BCUT2D eigenvalue weighted by molar-refractivity contribution is -0.114. The van der Waals surface area contributed by atoms with Crippen molar-refractivity contribution >= 4 is 34.2 Å². The van der Waals surface area contributed by atoms with Gasteiger partial charge in [0.2, 0.25) is 5.91 Å². The van der Waals surface area contributed by atoms with E-state index < -0.39 is 0 Å². The van der Waals surface area contributed by atoms with E-state index in [2.05, 4.69) is 51.8 Å². The molecule has 2 aliphatic rings. The molecule has 0 spiro atoms. The number of rotatable bonds is 7. The molecule has 1 fully saturated rings. The summed E-state index contributed by atoms with van der Waals surface area (Å²) >= 11 is 6.73. The second-order valence-electron chi connectivity index (χ2n) is 9.95. The number of nitrogens with zero attached hydrogens (tertiary/aromatic N) is 3. The second-order valence-corrected chi connectivity index (χ2v) is 10.4. The molecule has 1 amide bonds. The standard InChI is InChI=1S/C31H31ClN4O2/c1-2-27(37)36-17-5-6-21-7-8-23(20-26(21)36)28-29-25(32)13-14-33-31(29)34-30(28)22-9-11-24(12-10-22)38-19-18-35-15-3-4-16-35/h2,7-14,20H,1,3-6,15-19H2,(H,33,34). The molecule has 0 aliphatic carbocycles. The molecule has 38 heavy (non-hydrogen) atoms. The van der Waals surface area contributed by atoms with Crippen LogP contribution in [0.4, 0.5) is 5.69 Å². The lowest BCUT2D eigenvalue weighted by Crippen LogP contribution is -2.34. The summed E-state index contributed by atoms with van der Waals surface area (Å²) in [5.74, 6) is 0.774. The van der Waals surface area contributed by atoms with Crippen LogP contribution in [0, 0.1) is 0 Å². The van der Waals surface area contributed by atoms with E-state index in [1.165, 1.54) is 32.0 Å². The SMILES string of the molecule is C=CC(=O)N1CCCc2ccc(-c3c(-c4ccc(OCCN5CCCC5)cc4)[nH]c4nccc(Cl)c34)cc21. The third kappa shape index (κ3) is 4.70. The maximum Gasteiger partial charge on any atom is 0.250 e. The van der Waals surface area contributed by atoms with Crippen molar-refractivity contribution in [3.05, 3.63) is 78.0 Å². The number of H-pyrrole nitrogens is 1. The number of fused-ring (bicyclic) bond motifs is 2. The number of anilines is 1. The van der Waals surface area contributed by atoms with E-state index in [-0.39, 0.29) is 5.91 Å². The number of ether oxygens (including phenoxy) is 1. The van der Waals surface area contributed by atoms with Crippen molar-refractivity contribution in [3.63, 3.8) is 0 Å². The summed E-state index contributed by atoms with van der Waals surface area (Å²) in [6.07, 6.45) is 7.55. The zero-order valence-corrected chi connectivity index (χ0v) is 22.1. The van der Waals surface area contributed by atoms with Crippen molar-refractivity contribution in [2.75, 3.05) is 37.7 Å². The van der Waals surface area contributed by atoms with Gasteiger partial charge >= 0.3 is 0 Å². The number of nitrogens with one attached hydrogen (secondary N) is 1. The number of carbonyl (C=O) groups is 1. The van der Waals surface area contributed by atoms with Gasteiger partial charge in [0.1, 0.15) is 18.0 Å². The first-order chi connectivity index (χ1) is 18.6. The van der Waals surface area contributed by atoms with Crippen molar-refractivity contribution in [1.29, 1.82) is 0 Å². The van der Waals surface area contributed by atoms with Crippen molar-refractivity contribution < 1.29 is 9.53 Å². The largest absolute Gasteiger partial charge is 0.492 e. The number of benzene rings is 2. The lowest BCUT2D eigenvalue weighted by atomic mass is 9.94. The van der Waals surface area contributed by atoms with Gasteiger partial charge in [-0.15, -0.1) is 0 Å². The van der Waals surface area contributed by atoms with E-state index in [1.807, 2.05) is 23.1 Å². The molecule has 4 heterocycles. The predicted molar refractivity (Wildman–Crippen MR) is 154 cm³/mol. The van der Waals surface area contributed by atoms with Gasteiger partial charge in [-0.25, -0.2) is 4.98 Å². The number of aromatic amines is 1. The maximum atomic E-state index is 12.6. The Bertz CT molecular complexity index is 1490. The minimum absolute atomic E-state index is 0.0812. The summed E-state index contributed by atoms with van der Waals surface area (Å²) in [5, 5.41) is 1.50. The van der Waals surface area contributed by atoms with Gasteiger partial charge in [-0.2, -0.15) is 0 Å². The van der Waals surface area contributed by atoms with Crippen molar-refractivity contribution in [2.24, 2.45) is 0 Å². The van der Waals surface area contributed by atoms with Gasteiger partial charge in [-0.05, 0) is 97.9 Å². The Kier molecular flexibility index (Phi) is 6.92. The van der Waals surface area contributed by atoms with Crippen LogP contribution in [-0.2, 0) is 11.2 Å². The monoisotopic (exact) mass is 526 g/mol. The van der Waals surface area contributed by atoms with Gasteiger partial charge in [0, 0.05) is 35.9 Å². The van der Waals surface area contributed by atoms with Crippen LogP contribution in [0.3, 0.4) is 0 Å². The highest BCUT2D eigenvalue weighted by Crippen LogP contribution is 2.43. The van der Waals surface area contributed by atoms with Crippen molar-refractivity contribution in [1.82, 2.24) is 14.9 Å². The number of likely N-dealkylation sites (tertiary alicyclic amines) is 1. The van der Waals surface area contributed by atoms with E-state index in [0.717, 1.165) is 69.8 Å². The Morgan fingerprint density at radius 2 is 1.84 bits per heavy atom. The number of pyridine rings is 1. The molecule has 0 unspecified atom stereocenters. The summed E-state index contributed by atoms with van der Waals surface area (Å²) in [7, 11) is 0. The molecule has 0 saturated carbocycles. The molecular weight excluding hydrogens is 496 g/mol. The summed E-state index contributed by atoms with van der Waals surface area (Å²) in [5.41, 5.74) is 6.72. The number of hydrogen-bond donors (Lipinski definition) is 1. The van der Waals surface area contributed by atoms with Gasteiger partial charge in [-0.3, -0.25) is 9.69 Å². The van der Waals surface area contributed by atoms with E-state index >= 15 is 0 Å². The molecule has 2 aromatic carbocycles. The van der Waals surface area contributed by atoms with E-state index in [0.29, 0.717) is 18.2 Å². The molecule has 7 heteroatoms. The maximum absolute atomic E-state index is 12.6. The minimum Gasteiger partial charge on any atom is -0.492 e. The summed E-state index contributed by atoms with van der Waals surface area (Å²) < 4.78 is 6.03. The average Bonchev–Trinajstić information content (AvgIpc) is 3.61. The van der Waals surface area contributed by atoms with Crippen LogP contribution in [0.15, 0.2) is 67.4 Å². The number of carbonyl (C=O) groups excluding carboxylic acids is 1. The van der Waals surface area contributed by atoms with Crippen LogP contribution in [0.25, 0.3) is 33.4 Å². The van der Waals surface area contributed by atoms with E-state index in [1.54, 1.807) is 6.20 Å². The lowest BCUT2D eigenvalue weighted by Gasteiger charge is -2.29. The zero-order chi connectivity index (χ0) is 26.1. The molecule has 2 aromatic heterocycles. The van der Waals surface area contributed by atoms with Crippen LogP contribution < -0.4 is 9.64 Å². The number of aromatic nitrogens is 2. The van der Waals surface area contributed by atoms with Gasteiger partial charge < -0.3 is 14.6 Å². The van der Waals surface area contributed by atoms with Gasteiger partial charge in [0.05, 0.1) is 10.7 Å². The molecular formula is C31H31ClN4O2. The van der Waals surface area contributed by atoms with Crippen LogP contribution in [0.2, 0.25) is 5.02 Å². The second kappa shape index (κ2) is 10.6. The molecule has 1 saturated heterocycles. The van der Waals surface area contributed by atoms with E-state index in [9.17, 15) is 4.79 Å². The van der Waals surface area contributed by atoms with Crippen LogP contribution in [-0.4, -0.2) is 53.6 Å². The zero-order valence-electron chi connectivity index (χ0n) is 21.4. The Labute approximate surface area is 227 Å². The fourth-order valence-corrected chi connectivity index (χ4v) is 5.91. The number of amides is 1. The summed E-state index contributed by atoms with van der Waals surface area (Å²) in [6.45, 7) is 8.37. The van der Waals surface area contributed by atoms with Crippen LogP contribution in [0.1, 0.15) is 24.8 Å². The molecule has 6 nitrogen and oxygen atoms in total. The highest BCUT2D eigenvalue weighted by molar-refractivity contribution is 6.36. The molecule has 2 aliphatic heterocycles. The number of aryl methyl sites for hydroxylation is 1. The quantitative estimate of drug-likeness (QED) is 0.280. The Hall–Kier alpha value is -3.61. The van der Waals surface area contributed by atoms with Gasteiger partial charge in [-0.1, -0.05) is 30.3 Å². The van der Waals surface area contributed by atoms with Crippen molar-refractivity contribution in [2.45, 2.75) is 25.7 Å². The van der Waals surface area contributed by atoms with Crippen LogP contribution >= 0.6 is 11.6 Å². The van der Waals surface area contributed by atoms with Crippen molar-refractivity contribution in [3.8, 4) is 28.1 Å². The molecule has 4 aromatic rings. The fraction of sp³-hybridized carbons (Fsp3) is 0.290. The molecule has 0 radical (unpaired) electrons. The molecule has 1 N–H and O–H groups in total. The normalized spacial score (nSPS) is 15.6.